The molecule has 0 aromatic heterocycles. The highest BCUT2D eigenvalue weighted by molar-refractivity contribution is 6.41. The van der Waals surface area contributed by atoms with Crippen molar-refractivity contribution in [2.24, 2.45) is 0 Å². The van der Waals surface area contributed by atoms with Gasteiger partial charge in [-0.15, -0.1) is 0 Å². The lowest BCUT2D eigenvalue weighted by molar-refractivity contribution is 0.103. The van der Waals surface area contributed by atoms with Crippen LogP contribution in [0.1, 0.15) is 21.5 Å². The maximum Gasteiger partial charge on any atom is 0.196 e. The molecule has 3 aromatic rings. The Morgan fingerprint density at radius 1 is 0.885 bits per heavy atom. The number of methoxy groups -OCH3 is 1. The molecule has 0 unspecified atom stereocenters. The van der Waals surface area contributed by atoms with Gasteiger partial charge in [0, 0.05) is 5.56 Å². The topological polar surface area (TPSA) is 35.5 Å². The number of carbonyl (C=O) groups excluding carboxylic acids is 1. The van der Waals surface area contributed by atoms with Crippen LogP contribution in [0.5, 0.6) is 17.2 Å². The molecular formula is C21H16Cl2O3. The van der Waals surface area contributed by atoms with Crippen LogP contribution in [0.2, 0.25) is 10.0 Å². The average Bonchev–Trinajstić information content (AvgIpc) is 2.63. The van der Waals surface area contributed by atoms with Crippen molar-refractivity contribution in [2.75, 3.05) is 7.11 Å². The highest BCUT2D eigenvalue weighted by Gasteiger charge is 2.21. The first-order valence-corrected chi connectivity index (χ1v) is 8.67. The molecule has 0 amide bonds. The number of hydrogen-bond donors (Lipinski definition) is 0. The van der Waals surface area contributed by atoms with E-state index in [0.717, 1.165) is 5.56 Å². The molecule has 0 spiro atoms. The molecule has 3 aromatic carbocycles. The van der Waals surface area contributed by atoms with Crippen molar-refractivity contribution in [1.82, 2.24) is 0 Å². The Hall–Kier alpha value is -2.49. The Morgan fingerprint density at radius 3 is 2.15 bits per heavy atom. The molecule has 0 fully saturated rings. The van der Waals surface area contributed by atoms with E-state index in [1.165, 1.54) is 0 Å². The monoisotopic (exact) mass is 386 g/mol. The number of para-hydroxylation sites is 1. The summed E-state index contributed by atoms with van der Waals surface area (Å²) < 4.78 is 11.3. The second kappa shape index (κ2) is 7.81. The van der Waals surface area contributed by atoms with Crippen LogP contribution in [0.25, 0.3) is 0 Å². The van der Waals surface area contributed by atoms with Crippen LogP contribution in [-0.2, 0) is 0 Å². The van der Waals surface area contributed by atoms with Gasteiger partial charge in [-0.05, 0) is 48.9 Å². The van der Waals surface area contributed by atoms with Crippen molar-refractivity contribution in [3.8, 4) is 17.2 Å². The Labute approximate surface area is 162 Å². The molecule has 0 aliphatic carbocycles. The van der Waals surface area contributed by atoms with E-state index < -0.39 is 0 Å². The van der Waals surface area contributed by atoms with Crippen molar-refractivity contribution in [2.45, 2.75) is 6.92 Å². The van der Waals surface area contributed by atoms with Gasteiger partial charge in [0.05, 0.1) is 22.7 Å². The zero-order valence-electron chi connectivity index (χ0n) is 14.3. The summed E-state index contributed by atoms with van der Waals surface area (Å²) in [6, 6.07) is 17.7. The summed E-state index contributed by atoms with van der Waals surface area (Å²) in [6.45, 7) is 1.83. The number of benzene rings is 3. The Kier molecular flexibility index (Phi) is 5.50. The van der Waals surface area contributed by atoms with Gasteiger partial charge in [0.2, 0.25) is 0 Å². The summed E-state index contributed by atoms with van der Waals surface area (Å²) in [7, 11) is 1.55. The van der Waals surface area contributed by atoms with E-state index in [1.54, 1.807) is 37.4 Å². The predicted octanol–water partition coefficient (Wildman–Crippen LogP) is 6.33. The second-order valence-electron chi connectivity index (χ2n) is 5.66. The van der Waals surface area contributed by atoms with Crippen LogP contribution in [-0.4, -0.2) is 12.9 Å². The molecule has 5 heteroatoms. The summed E-state index contributed by atoms with van der Waals surface area (Å²) in [4.78, 5) is 13.0. The van der Waals surface area contributed by atoms with Crippen LogP contribution < -0.4 is 9.47 Å². The van der Waals surface area contributed by atoms with E-state index >= 15 is 0 Å². The van der Waals surface area contributed by atoms with Crippen LogP contribution in [0.15, 0.2) is 60.7 Å². The quantitative estimate of drug-likeness (QED) is 0.480. The molecule has 26 heavy (non-hydrogen) atoms. The number of halogens is 2. The molecule has 0 saturated heterocycles. The number of hydrogen-bond acceptors (Lipinski definition) is 3. The van der Waals surface area contributed by atoms with E-state index in [1.807, 2.05) is 37.3 Å². The fourth-order valence-electron chi connectivity index (χ4n) is 2.61. The maximum atomic E-state index is 13.0. The summed E-state index contributed by atoms with van der Waals surface area (Å²) in [6.07, 6.45) is 0. The lowest BCUT2D eigenvalue weighted by Gasteiger charge is -2.15. The molecular weight excluding hydrogens is 371 g/mol. The Morgan fingerprint density at radius 2 is 1.54 bits per heavy atom. The van der Waals surface area contributed by atoms with E-state index in [2.05, 4.69) is 0 Å². The molecule has 0 heterocycles. The third kappa shape index (κ3) is 3.69. The van der Waals surface area contributed by atoms with Gasteiger partial charge in [0.25, 0.3) is 0 Å². The lowest BCUT2D eigenvalue weighted by atomic mass is 9.98. The third-order valence-electron chi connectivity index (χ3n) is 3.92. The summed E-state index contributed by atoms with van der Waals surface area (Å²) >= 11 is 12.4. The summed E-state index contributed by atoms with van der Waals surface area (Å²) in [5.41, 5.74) is 1.46. The first kappa shape index (κ1) is 18.3. The van der Waals surface area contributed by atoms with Crippen LogP contribution in [0.3, 0.4) is 0 Å². The SMILES string of the molecule is COc1cc(C)c(C(=O)c2c(Cl)cccc2Cl)cc1Oc1ccccc1. The fourth-order valence-corrected chi connectivity index (χ4v) is 3.18. The molecule has 0 aliphatic rings. The van der Waals surface area contributed by atoms with Crippen molar-refractivity contribution >= 4 is 29.0 Å². The van der Waals surface area contributed by atoms with Crippen molar-refractivity contribution in [3.05, 3.63) is 87.4 Å². The molecule has 0 saturated carbocycles. The van der Waals surface area contributed by atoms with Crippen molar-refractivity contribution in [3.63, 3.8) is 0 Å². The maximum absolute atomic E-state index is 13.0. The van der Waals surface area contributed by atoms with Crippen LogP contribution >= 0.6 is 23.2 Å². The summed E-state index contributed by atoms with van der Waals surface area (Å²) in [5.74, 6) is 1.35. The molecule has 0 radical (unpaired) electrons. The zero-order chi connectivity index (χ0) is 18.7. The minimum Gasteiger partial charge on any atom is -0.493 e. The number of carbonyl (C=O) groups is 1. The lowest BCUT2D eigenvalue weighted by Crippen LogP contribution is -2.06. The summed E-state index contributed by atoms with van der Waals surface area (Å²) in [5, 5.41) is 0.617. The van der Waals surface area contributed by atoms with Crippen LogP contribution in [0.4, 0.5) is 0 Å². The van der Waals surface area contributed by atoms with Gasteiger partial charge in [-0.3, -0.25) is 4.79 Å². The van der Waals surface area contributed by atoms with E-state index in [-0.39, 0.29) is 11.3 Å². The first-order valence-electron chi connectivity index (χ1n) is 7.91. The van der Waals surface area contributed by atoms with E-state index in [4.69, 9.17) is 32.7 Å². The molecule has 0 aliphatic heterocycles. The molecule has 0 atom stereocenters. The predicted molar refractivity (Wildman–Crippen MR) is 104 cm³/mol. The van der Waals surface area contributed by atoms with E-state index in [0.29, 0.717) is 32.9 Å². The van der Waals surface area contributed by atoms with Gasteiger partial charge in [0.1, 0.15) is 5.75 Å². The largest absolute Gasteiger partial charge is 0.493 e. The van der Waals surface area contributed by atoms with Gasteiger partial charge in [-0.25, -0.2) is 0 Å². The zero-order valence-corrected chi connectivity index (χ0v) is 15.8. The van der Waals surface area contributed by atoms with Gasteiger partial charge < -0.3 is 9.47 Å². The molecule has 132 valence electrons. The molecule has 3 nitrogen and oxygen atoms in total. The minimum absolute atomic E-state index is 0.265. The standard InChI is InChI=1S/C21H16Cl2O3/c1-13-11-18(25-2)19(26-14-7-4-3-5-8-14)12-15(13)21(24)20-16(22)9-6-10-17(20)23/h3-12H,1-2H3. The van der Waals surface area contributed by atoms with Crippen molar-refractivity contribution < 1.29 is 14.3 Å². The Bertz CT molecular complexity index is 933. The van der Waals surface area contributed by atoms with Crippen LogP contribution in [0, 0.1) is 6.92 Å². The second-order valence-corrected chi connectivity index (χ2v) is 6.47. The minimum atomic E-state index is -0.265. The normalized spacial score (nSPS) is 10.5. The van der Waals surface area contributed by atoms with Gasteiger partial charge in [-0.1, -0.05) is 47.5 Å². The fraction of sp³-hybridized carbons (Fsp3) is 0.0952. The van der Waals surface area contributed by atoms with Gasteiger partial charge >= 0.3 is 0 Å². The number of aryl methyl sites for hydroxylation is 1. The van der Waals surface area contributed by atoms with Gasteiger partial charge in [0.15, 0.2) is 17.3 Å². The van der Waals surface area contributed by atoms with Crippen molar-refractivity contribution in [1.29, 1.82) is 0 Å². The highest BCUT2D eigenvalue weighted by atomic mass is 35.5. The Balaban J connectivity index is 2.07. The molecule has 3 rings (SSSR count). The molecule has 0 bridgehead atoms. The number of ketones is 1. The van der Waals surface area contributed by atoms with E-state index in [9.17, 15) is 4.79 Å². The number of rotatable bonds is 5. The average molecular weight is 387 g/mol. The smallest absolute Gasteiger partial charge is 0.196 e. The molecule has 0 N–H and O–H groups in total. The number of ether oxygens (including phenoxy) is 2. The highest BCUT2D eigenvalue weighted by Crippen LogP contribution is 2.36. The third-order valence-corrected chi connectivity index (χ3v) is 4.55. The first-order chi connectivity index (χ1) is 12.5. The van der Waals surface area contributed by atoms with Gasteiger partial charge in [-0.2, -0.15) is 0 Å².